The summed E-state index contributed by atoms with van der Waals surface area (Å²) in [6.07, 6.45) is 1.56. The predicted molar refractivity (Wildman–Crippen MR) is 79.3 cm³/mol. The van der Waals surface area contributed by atoms with Crippen molar-refractivity contribution in [2.45, 2.75) is 13.5 Å². The fraction of sp³-hybridized carbons (Fsp3) is 0.133. The van der Waals surface area contributed by atoms with Crippen LogP contribution in [-0.4, -0.2) is 25.3 Å². The molecule has 3 rings (SSSR count). The van der Waals surface area contributed by atoms with Gasteiger partial charge >= 0.3 is 0 Å². The number of aromatic hydroxyl groups is 1. The van der Waals surface area contributed by atoms with Crippen LogP contribution in [0.3, 0.4) is 0 Å². The Morgan fingerprint density at radius 3 is 2.86 bits per heavy atom. The van der Waals surface area contributed by atoms with E-state index in [1.165, 1.54) is 0 Å². The average molecular weight is 281 g/mol. The van der Waals surface area contributed by atoms with Gasteiger partial charge < -0.3 is 10.4 Å². The summed E-state index contributed by atoms with van der Waals surface area (Å²) >= 11 is 0. The highest BCUT2D eigenvalue weighted by atomic mass is 16.3. The van der Waals surface area contributed by atoms with Crippen LogP contribution in [0.15, 0.2) is 48.8 Å². The van der Waals surface area contributed by atoms with Crippen LogP contribution in [0.1, 0.15) is 11.1 Å². The normalized spacial score (nSPS) is 10.5. The molecule has 6 heteroatoms. The van der Waals surface area contributed by atoms with Gasteiger partial charge in [-0.15, -0.1) is 5.10 Å². The molecule has 0 aliphatic carbocycles. The van der Waals surface area contributed by atoms with Gasteiger partial charge in [0, 0.05) is 12.2 Å². The Kier molecular flexibility index (Phi) is 3.51. The van der Waals surface area contributed by atoms with Crippen LogP contribution in [0, 0.1) is 6.92 Å². The summed E-state index contributed by atoms with van der Waals surface area (Å²) in [6.45, 7) is 2.67. The molecule has 0 radical (unpaired) electrons. The molecule has 0 amide bonds. The van der Waals surface area contributed by atoms with Gasteiger partial charge in [0.15, 0.2) is 0 Å². The second kappa shape index (κ2) is 5.62. The van der Waals surface area contributed by atoms with Gasteiger partial charge in [0.2, 0.25) is 0 Å². The van der Waals surface area contributed by atoms with Crippen molar-refractivity contribution in [3.05, 3.63) is 59.9 Å². The fourth-order valence-corrected chi connectivity index (χ4v) is 2.09. The summed E-state index contributed by atoms with van der Waals surface area (Å²) < 4.78 is 1.61. The van der Waals surface area contributed by atoms with Gasteiger partial charge in [-0.05, 0) is 52.7 Å². The van der Waals surface area contributed by atoms with E-state index in [0.717, 1.165) is 22.5 Å². The van der Waals surface area contributed by atoms with E-state index in [-0.39, 0.29) is 5.75 Å². The second-order valence-electron chi connectivity index (χ2n) is 4.78. The second-order valence-corrected chi connectivity index (χ2v) is 4.78. The largest absolute Gasteiger partial charge is 0.508 e. The minimum Gasteiger partial charge on any atom is -0.508 e. The van der Waals surface area contributed by atoms with Gasteiger partial charge in [-0.1, -0.05) is 18.2 Å². The predicted octanol–water partition coefficient (Wildman–Crippen LogP) is 2.29. The lowest BCUT2D eigenvalue weighted by molar-refractivity contribution is 0.474. The lowest BCUT2D eigenvalue weighted by Crippen LogP contribution is -2.03. The molecule has 0 saturated heterocycles. The molecule has 0 spiro atoms. The molecule has 0 aliphatic rings. The SMILES string of the molecule is Cc1ccc(-n2cnnn2)cc1NCc1cccc(O)c1. The maximum absolute atomic E-state index is 9.48. The Morgan fingerprint density at radius 1 is 1.19 bits per heavy atom. The standard InChI is InChI=1S/C15H15N5O/c1-11-5-6-13(20-10-17-18-19-20)8-15(11)16-9-12-3-2-4-14(21)7-12/h2-8,10,16,21H,9H2,1H3. The van der Waals surface area contributed by atoms with Gasteiger partial charge in [0.05, 0.1) is 5.69 Å². The summed E-state index contributed by atoms with van der Waals surface area (Å²) in [4.78, 5) is 0. The zero-order valence-corrected chi connectivity index (χ0v) is 11.6. The summed E-state index contributed by atoms with van der Waals surface area (Å²) in [5.41, 5.74) is 4.05. The van der Waals surface area contributed by atoms with Crippen molar-refractivity contribution in [1.82, 2.24) is 20.2 Å². The van der Waals surface area contributed by atoms with Crippen LogP contribution in [-0.2, 0) is 6.54 Å². The smallest absolute Gasteiger partial charge is 0.143 e. The van der Waals surface area contributed by atoms with Crippen molar-refractivity contribution in [2.24, 2.45) is 0 Å². The molecular formula is C15H15N5O. The highest BCUT2D eigenvalue weighted by molar-refractivity contribution is 5.56. The molecule has 0 saturated carbocycles. The van der Waals surface area contributed by atoms with Crippen molar-refractivity contribution in [3.8, 4) is 11.4 Å². The van der Waals surface area contributed by atoms with Crippen LogP contribution >= 0.6 is 0 Å². The van der Waals surface area contributed by atoms with Gasteiger partial charge in [-0.3, -0.25) is 0 Å². The molecule has 1 heterocycles. The van der Waals surface area contributed by atoms with Crippen LogP contribution in [0.5, 0.6) is 5.75 Å². The first kappa shape index (κ1) is 13.1. The molecule has 0 bridgehead atoms. The molecule has 3 aromatic rings. The molecule has 0 unspecified atom stereocenters. The third-order valence-electron chi connectivity index (χ3n) is 3.23. The van der Waals surface area contributed by atoms with Crippen molar-refractivity contribution in [1.29, 1.82) is 0 Å². The van der Waals surface area contributed by atoms with E-state index < -0.39 is 0 Å². The van der Waals surface area contributed by atoms with Crippen LogP contribution in [0.4, 0.5) is 5.69 Å². The number of hydrogen-bond donors (Lipinski definition) is 2. The van der Waals surface area contributed by atoms with E-state index in [2.05, 4.69) is 20.8 Å². The summed E-state index contributed by atoms with van der Waals surface area (Å²) in [5.74, 6) is 0.272. The quantitative estimate of drug-likeness (QED) is 0.767. The van der Waals surface area contributed by atoms with E-state index in [9.17, 15) is 5.11 Å². The summed E-state index contributed by atoms with van der Waals surface area (Å²) in [6, 6.07) is 13.2. The van der Waals surface area contributed by atoms with Gasteiger partial charge in [0.1, 0.15) is 12.1 Å². The Bertz CT molecular complexity index is 740. The molecule has 1 aromatic heterocycles. The minimum absolute atomic E-state index is 0.272. The highest BCUT2D eigenvalue weighted by Gasteiger charge is 2.03. The molecule has 0 fully saturated rings. The number of hydrogen-bond acceptors (Lipinski definition) is 5. The Balaban J connectivity index is 1.80. The minimum atomic E-state index is 0.272. The topological polar surface area (TPSA) is 75.9 Å². The Labute approximate surface area is 122 Å². The molecule has 6 nitrogen and oxygen atoms in total. The van der Waals surface area contributed by atoms with Crippen molar-refractivity contribution in [2.75, 3.05) is 5.32 Å². The lowest BCUT2D eigenvalue weighted by atomic mass is 10.1. The number of benzene rings is 2. The maximum Gasteiger partial charge on any atom is 0.143 e. The van der Waals surface area contributed by atoms with Crippen molar-refractivity contribution < 1.29 is 5.11 Å². The maximum atomic E-state index is 9.48. The zero-order valence-electron chi connectivity index (χ0n) is 11.6. The van der Waals surface area contributed by atoms with Crippen LogP contribution < -0.4 is 5.32 Å². The van der Waals surface area contributed by atoms with E-state index in [4.69, 9.17) is 0 Å². The number of tetrazole rings is 1. The Hall–Kier alpha value is -2.89. The highest BCUT2D eigenvalue weighted by Crippen LogP contribution is 2.20. The van der Waals surface area contributed by atoms with Gasteiger partial charge in [-0.2, -0.15) is 0 Å². The first-order chi connectivity index (χ1) is 10.2. The van der Waals surface area contributed by atoms with E-state index in [0.29, 0.717) is 6.54 Å². The van der Waals surface area contributed by atoms with Crippen molar-refractivity contribution >= 4 is 5.69 Å². The number of aryl methyl sites for hydroxylation is 1. The third kappa shape index (κ3) is 3.00. The van der Waals surface area contributed by atoms with Crippen molar-refractivity contribution in [3.63, 3.8) is 0 Å². The third-order valence-corrected chi connectivity index (χ3v) is 3.23. The molecule has 2 N–H and O–H groups in total. The zero-order chi connectivity index (χ0) is 14.7. The molecular weight excluding hydrogens is 266 g/mol. The van der Waals surface area contributed by atoms with Gasteiger partial charge in [-0.25, -0.2) is 4.68 Å². The average Bonchev–Trinajstić information content (AvgIpc) is 3.01. The van der Waals surface area contributed by atoms with Crippen LogP contribution in [0.25, 0.3) is 5.69 Å². The first-order valence-electron chi connectivity index (χ1n) is 6.58. The number of phenolic OH excluding ortho intramolecular Hbond substituents is 1. The molecule has 106 valence electrons. The number of nitrogens with zero attached hydrogens (tertiary/aromatic N) is 4. The van der Waals surface area contributed by atoms with E-state index in [1.807, 2.05) is 37.3 Å². The van der Waals surface area contributed by atoms with E-state index in [1.54, 1.807) is 23.1 Å². The molecule has 2 aromatic carbocycles. The number of aromatic nitrogens is 4. The molecule has 0 aliphatic heterocycles. The summed E-state index contributed by atoms with van der Waals surface area (Å²) in [7, 11) is 0. The Morgan fingerprint density at radius 2 is 2.10 bits per heavy atom. The number of anilines is 1. The van der Waals surface area contributed by atoms with Crippen LogP contribution in [0.2, 0.25) is 0 Å². The monoisotopic (exact) mass is 281 g/mol. The number of phenols is 1. The molecule has 21 heavy (non-hydrogen) atoms. The molecule has 0 atom stereocenters. The summed E-state index contributed by atoms with van der Waals surface area (Å²) in [5, 5.41) is 24.0. The van der Waals surface area contributed by atoms with Gasteiger partial charge in [0.25, 0.3) is 0 Å². The first-order valence-corrected chi connectivity index (χ1v) is 6.58. The van der Waals surface area contributed by atoms with E-state index >= 15 is 0 Å². The number of nitrogens with one attached hydrogen (secondary N) is 1. The fourth-order valence-electron chi connectivity index (χ4n) is 2.09. The lowest BCUT2D eigenvalue weighted by Gasteiger charge is -2.11. The number of rotatable bonds is 4.